The summed E-state index contributed by atoms with van der Waals surface area (Å²) >= 11 is 0. The van der Waals surface area contributed by atoms with Gasteiger partial charge in [0, 0.05) is 19.8 Å². The van der Waals surface area contributed by atoms with E-state index < -0.39 is 0 Å². The van der Waals surface area contributed by atoms with Gasteiger partial charge in [-0.05, 0) is 24.9 Å². The van der Waals surface area contributed by atoms with Gasteiger partial charge in [0.1, 0.15) is 0 Å². The third-order valence-corrected chi connectivity index (χ3v) is 3.04. The van der Waals surface area contributed by atoms with E-state index in [4.69, 9.17) is 14.7 Å². The predicted octanol–water partition coefficient (Wildman–Crippen LogP) is 2.67. The molecule has 0 spiro atoms. The molecule has 0 radical (unpaired) electrons. The largest absolute Gasteiger partial charge is 0.382 e. The van der Waals surface area contributed by atoms with Crippen molar-refractivity contribution in [3.63, 3.8) is 0 Å². The van der Waals surface area contributed by atoms with Gasteiger partial charge in [-0.15, -0.1) is 0 Å². The lowest BCUT2D eigenvalue weighted by Crippen LogP contribution is -2.22. The maximum Gasteiger partial charge on any atom is 0.0700 e. The molecule has 0 aliphatic carbocycles. The molecule has 0 saturated carbocycles. The third kappa shape index (κ3) is 7.25. The molecule has 1 rings (SSSR count). The SMILES string of the molecule is COCCOCCCCNC(CC#N)c1ccccc1. The van der Waals surface area contributed by atoms with Gasteiger partial charge in [-0.25, -0.2) is 0 Å². The lowest BCUT2D eigenvalue weighted by atomic mass is 10.0. The van der Waals surface area contributed by atoms with Gasteiger partial charge in [-0.2, -0.15) is 5.26 Å². The Labute approximate surface area is 121 Å². The van der Waals surface area contributed by atoms with Gasteiger partial charge < -0.3 is 14.8 Å². The number of nitriles is 1. The fourth-order valence-corrected chi connectivity index (χ4v) is 1.93. The molecule has 1 aromatic rings. The van der Waals surface area contributed by atoms with Crippen LogP contribution >= 0.6 is 0 Å². The monoisotopic (exact) mass is 276 g/mol. The molecule has 4 nitrogen and oxygen atoms in total. The van der Waals surface area contributed by atoms with Crippen molar-refractivity contribution in [2.24, 2.45) is 0 Å². The molecule has 110 valence electrons. The first-order valence-corrected chi connectivity index (χ1v) is 7.10. The Bertz CT molecular complexity index is 376. The number of unbranched alkanes of at least 4 members (excludes halogenated alkanes) is 1. The molecule has 0 amide bonds. The smallest absolute Gasteiger partial charge is 0.0700 e. The molecule has 0 aliphatic rings. The van der Waals surface area contributed by atoms with Gasteiger partial charge in [-0.3, -0.25) is 0 Å². The second-order valence-electron chi connectivity index (χ2n) is 4.59. The summed E-state index contributed by atoms with van der Waals surface area (Å²) in [5, 5.41) is 12.3. The second-order valence-corrected chi connectivity index (χ2v) is 4.59. The second kappa shape index (κ2) is 11.4. The van der Waals surface area contributed by atoms with Gasteiger partial charge in [0.15, 0.2) is 0 Å². The van der Waals surface area contributed by atoms with Crippen LogP contribution in [0.2, 0.25) is 0 Å². The van der Waals surface area contributed by atoms with Crippen molar-refractivity contribution in [3.8, 4) is 6.07 Å². The molecule has 20 heavy (non-hydrogen) atoms. The molecular formula is C16H24N2O2. The first-order valence-electron chi connectivity index (χ1n) is 7.10. The number of nitrogens with one attached hydrogen (secondary N) is 1. The Kier molecular flexibility index (Phi) is 9.50. The summed E-state index contributed by atoms with van der Waals surface area (Å²) in [4.78, 5) is 0. The van der Waals surface area contributed by atoms with Crippen LogP contribution in [0.4, 0.5) is 0 Å². The van der Waals surface area contributed by atoms with Crippen molar-refractivity contribution >= 4 is 0 Å². The number of methoxy groups -OCH3 is 1. The molecular weight excluding hydrogens is 252 g/mol. The van der Waals surface area contributed by atoms with E-state index in [1.165, 1.54) is 5.56 Å². The summed E-state index contributed by atoms with van der Waals surface area (Å²) in [6.07, 6.45) is 2.56. The summed E-state index contributed by atoms with van der Waals surface area (Å²) in [5.74, 6) is 0. The minimum Gasteiger partial charge on any atom is -0.382 e. The first kappa shape index (κ1) is 16.6. The number of hydrogen-bond donors (Lipinski definition) is 1. The zero-order valence-corrected chi connectivity index (χ0v) is 12.2. The lowest BCUT2D eigenvalue weighted by Gasteiger charge is -2.16. The van der Waals surface area contributed by atoms with Crippen LogP contribution in [-0.4, -0.2) is 33.5 Å². The average molecular weight is 276 g/mol. The maximum atomic E-state index is 8.90. The van der Waals surface area contributed by atoms with E-state index in [0.29, 0.717) is 19.6 Å². The molecule has 4 heteroatoms. The Hall–Kier alpha value is -1.41. The maximum absolute atomic E-state index is 8.90. The van der Waals surface area contributed by atoms with Gasteiger partial charge >= 0.3 is 0 Å². The molecule has 1 N–H and O–H groups in total. The molecule has 0 heterocycles. The molecule has 1 aromatic carbocycles. The predicted molar refractivity (Wildman–Crippen MR) is 79.3 cm³/mol. The quantitative estimate of drug-likeness (QED) is 0.631. The van der Waals surface area contributed by atoms with Gasteiger partial charge in [0.25, 0.3) is 0 Å². The number of rotatable bonds is 11. The van der Waals surface area contributed by atoms with Crippen LogP contribution in [0.15, 0.2) is 30.3 Å². The van der Waals surface area contributed by atoms with Crippen molar-refractivity contribution in [1.29, 1.82) is 5.26 Å². The van der Waals surface area contributed by atoms with Gasteiger partial charge in [-0.1, -0.05) is 30.3 Å². The minimum absolute atomic E-state index is 0.121. The topological polar surface area (TPSA) is 54.3 Å². The van der Waals surface area contributed by atoms with Crippen LogP contribution in [0.1, 0.15) is 30.9 Å². The zero-order valence-electron chi connectivity index (χ0n) is 12.2. The minimum atomic E-state index is 0.121. The Morgan fingerprint density at radius 1 is 1.15 bits per heavy atom. The Morgan fingerprint density at radius 2 is 1.95 bits per heavy atom. The van der Waals surface area contributed by atoms with Crippen LogP contribution in [0, 0.1) is 11.3 Å². The summed E-state index contributed by atoms with van der Waals surface area (Å²) in [7, 11) is 1.67. The van der Waals surface area contributed by atoms with Crippen molar-refractivity contribution in [2.45, 2.75) is 25.3 Å². The molecule has 0 aromatic heterocycles. The normalized spacial score (nSPS) is 12.0. The van der Waals surface area contributed by atoms with E-state index in [2.05, 4.69) is 23.5 Å². The first-order chi connectivity index (χ1) is 9.88. The summed E-state index contributed by atoms with van der Waals surface area (Å²) < 4.78 is 10.3. The van der Waals surface area contributed by atoms with Crippen LogP contribution < -0.4 is 5.32 Å². The number of nitrogens with zero attached hydrogens (tertiary/aromatic N) is 1. The van der Waals surface area contributed by atoms with E-state index in [1.54, 1.807) is 7.11 Å². The highest BCUT2D eigenvalue weighted by Gasteiger charge is 2.09. The zero-order chi connectivity index (χ0) is 14.5. The van der Waals surface area contributed by atoms with E-state index in [1.807, 2.05) is 18.2 Å². The lowest BCUT2D eigenvalue weighted by molar-refractivity contribution is 0.0687. The highest BCUT2D eigenvalue weighted by atomic mass is 16.5. The van der Waals surface area contributed by atoms with Crippen LogP contribution in [0.25, 0.3) is 0 Å². The molecule has 1 unspecified atom stereocenters. The number of benzene rings is 1. The highest BCUT2D eigenvalue weighted by Crippen LogP contribution is 2.15. The van der Waals surface area contributed by atoms with Crippen LogP contribution in [0.3, 0.4) is 0 Å². The molecule has 0 bridgehead atoms. The average Bonchev–Trinajstić information content (AvgIpc) is 2.50. The third-order valence-electron chi connectivity index (χ3n) is 3.04. The summed E-state index contributed by atoms with van der Waals surface area (Å²) in [6.45, 7) is 2.97. The summed E-state index contributed by atoms with van der Waals surface area (Å²) in [6, 6.07) is 12.5. The Balaban J connectivity index is 2.16. The van der Waals surface area contributed by atoms with Gasteiger partial charge in [0.05, 0.1) is 25.7 Å². The number of hydrogen-bond acceptors (Lipinski definition) is 4. The molecule has 0 aliphatic heterocycles. The van der Waals surface area contributed by atoms with Crippen LogP contribution in [0.5, 0.6) is 0 Å². The Morgan fingerprint density at radius 3 is 2.65 bits per heavy atom. The van der Waals surface area contributed by atoms with E-state index in [9.17, 15) is 0 Å². The fourth-order valence-electron chi connectivity index (χ4n) is 1.93. The van der Waals surface area contributed by atoms with Crippen molar-refractivity contribution < 1.29 is 9.47 Å². The van der Waals surface area contributed by atoms with E-state index in [0.717, 1.165) is 26.0 Å². The van der Waals surface area contributed by atoms with E-state index >= 15 is 0 Å². The fraction of sp³-hybridized carbons (Fsp3) is 0.562. The van der Waals surface area contributed by atoms with Crippen molar-refractivity contribution in [1.82, 2.24) is 5.32 Å². The molecule has 0 fully saturated rings. The highest BCUT2D eigenvalue weighted by molar-refractivity contribution is 5.19. The van der Waals surface area contributed by atoms with Crippen molar-refractivity contribution in [3.05, 3.63) is 35.9 Å². The van der Waals surface area contributed by atoms with Gasteiger partial charge in [0.2, 0.25) is 0 Å². The standard InChI is InChI=1S/C16H24N2O2/c1-19-13-14-20-12-6-5-11-18-16(9-10-17)15-7-3-2-4-8-15/h2-4,7-8,16,18H,5-6,9,11-14H2,1H3. The van der Waals surface area contributed by atoms with Crippen LogP contribution in [-0.2, 0) is 9.47 Å². The molecule has 1 atom stereocenters. The summed E-state index contributed by atoms with van der Waals surface area (Å²) in [5.41, 5.74) is 1.17. The van der Waals surface area contributed by atoms with Crippen molar-refractivity contribution in [2.75, 3.05) is 33.5 Å². The number of ether oxygens (including phenoxy) is 2. The van der Waals surface area contributed by atoms with E-state index in [-0.39, 0.29) is 6.04 Å². The molecule has 0 saturated heterocycles.